The van der Waals surface area contributed by atoms with E-state index in [9.17, 15) is 0 Å². The first-order chi connectivity index (χ1) is 11.7. The van der Waals surface area contributed by atoms with Crippen LogP contribution in [0.4, 0.5) is 0 Å². The standard InChI is InChI=1S/C19H42O4Si/c1-5-9-13-17-21-24(20-16-12-8-4,22-18-14-10-6-2)23-19-15-11-7-3/h5-19H2,1-4H3. The Labute approximate surface area is 152 Å². The van der Waals surface area contributed by atoms with Gasteiger partial charge in [0, 0.05) is 26.4 Å². The molecule has 0 aromatic rings. The predicted octanol–water partition coefficient (Wildman–Crippen LogP) is 5.86. The van der Waals surface area contributed by atoms with Gasteiger partial charge in [-0.15, -0.1) is 0 Å². The average molecular weight is 363 g/mol. The summed E-state index contributed by atoms with van der Waals surface area (Å²) in [6.07, 6.45) is 12.3. The molecule has 0 bridgehead atoms. The molecular formula is C19H42O4Si. The molecule has 0 unspecified atom stereocenters. The Kier molecular flexibility index (Phi) is 17.9. The van der Waals surface area contributed by atoms with E-state index in [1.807, 2.05) is 0 Å². The van der Waals surface area contributed by atoms with E-state index in [0.717, 1.165) is 32.1 Å². The summed E-state index contributed by atoms with van der Waals surface area (Å²) in [6.45, 7) is 11.5. The Balaban J connectivity index is 4.58. The van der Waals surface area contributed by atoms with Crippen molar-refractivity contribution in [3.05, 3.63) is 0 Å². The molecule has 0 aliphatic rings. The van der Waals surface area contributed by atoms with Crippen molar-refractivity contribution < 1.29 is 17.7 Å². The monoisotopic (exact) mass is 362 g/mol. The average Bonchev–Trinajstić information content (AvgIpc) is 2.60. The third kappa shape index (κ3) is 13.4. The summed E-state index contributed by atoms with van der Waals surface area (Å²) in [4.78, 5) is 0. The molecule has 5 heteroatoms. The largest absolute Gasteiger partial charge is 0.679 e. The molecule has 0 aromatic carbocycles. The van der Waals surface area contributed by atoms with E-state index in [1.54, 1.807) is 0 Å². The second kappa shape index (κ2) is 17.9. The number of rotatable bonds is 19. The summed E-state index contributed by atoms with van der Waals surface area (Å²) in [5.74, 6) is 0. The molecule has 0 aliphatic carbocycles. The Bertz CT molecular complexity index is 220. The summed E-state index contributed by atoms with van der Waals surface area (Å²) in [5.41, 5.74) is 0. The molecule has 0 amide bonds. The normalized spacial score (nSPS) is 12.0. The van der Waals surface area contributed by atoms with Crippen LogP contribution in [0.5, 0.6) is 0 Å². The molecule has 0 aliphatic heterocycles. The third-order valence-electron chi connectivity index (χ3n) is 3.86. The van der Waals surface area contributed by atoms with Gasteiger partial charge in [0.05, 0.1) is 0 Å². The van der Waals surface area contributed by atoms with Gasteiger partial charge in [-0.3, -0.25) is 0 Å². The maximum atomic E-state index is 6.11. The van der Waals surface area contributed by atoms with Crippen molar-refractivity contribution in [2.45, 2.75) is 98.3 Å². The summed E-state index contributed by atoms with van der Waals surface area (Å²) in [7, 11) is -2.98. The van der Waals surface area contributed by atoms with Crippen LogP contribution in [0.3, 0.4) is 0 Å². The van der Waals surface area contributed by atoms with Gasteiger partial charge in [-0.25, -0.2) is 0 Å². The van der Waals surface area contributed by atoms with Crippen LogP contribution in [0.15, 0.2) is 0 Å². The third-order valence-corrected chi connectivity index (χ3v) is 6.09. The molecule has 0 spiro atoms. The Morgan fingerprint density at radius 1 is 0.417 bits per heavy atom. The van der Waals surface area contributed by atoms with Crippen LogP contribution in [0.2, 0.25) is 0 Å². The Morgan fingerprint density at radius 3 is 1.00 bits per heavy atom. The second-order valence-electron chi connectivity index (χ2n) is 6.37. The van der Waals surface area contributed by atoms with Crippen molar-refractivity contribution >= 4 is 9.05 Å². The highest BCUT2D eigenvalue weighted by Gasteiger charge is 2.45. The van der Waals surface area contributed by atoms with Crippen LogP contribution in [-0.4, -0.2) is 35.5 Å². The van der Waals surface area contributed by atoms with Gasteiger partial charge in [-0.05, 0) is 25.7 Å². The van der Waals surface area contributed by atoms with Crippen molar-refractivity contribution in [3.63, 3.8) is 0 Å². The van der Waals surface area contributed by atoms with E-state index in [0.29, 0.717) is 26.4 Å². The smallest absolute Gasteiger partial charge is 0.351 e. The first kappa shape index (κ1) is 24.1. The quantitative estimate of drug-likeness (QED) is 0.213. The van der Waals surface area contributed by atoms with Gasteiger partial charge in [0.1, 0.15) is 0 Å². The molecule has 0 saturated carbocycles. The molecule has 0 N–H and O–H groups in total. The van der Waals surface area contributed by atoms with Crippen LogP contribution < -0.4 is 0 Å². The van der Waals surface area contributed by atoms with E-state index >= 15 is 0 Å². The summed E-state index contributed by atoms with van der Waals surface area (Å²) in [6, 6.07) is 0. The van der Waals surface area contributed by atoms with Crippen LogP contribution in [0.25, 0.3) is 0 Å². The SMILES string of the molecule is CCCCCO[Si](OCCCC)(OCCCCC)OCCCCC. The second-order valence-corrected chi connectivity index (χ2v) is 8.52. The fourth-order valence-corrected chi connectivity index (χ4v) is 4.32. The molecule has 0 fully saturated rings. The number of hydrogen-bond donors (Lipinski definition) is 0. The minimum atomic E-state index is -2.98. The lowest BCUT2D eigenvalue weighted by atomic mass is 10.3. The van der Waals surface area contributed by atoms with Crippen LogP contribution in [0.1, 0.15) is 98.3 Å². The molecule has 0 heterocycles. The van der Waals surface area contributed by atoms with Crippen molar-refractivity contribution in [2.75, 3.05) is 26.4 Å². The lowest BCUT2D eigenvalue weighted by Gasteiger charge is -2.28. The zero-order chi connectivity index (χ0) is 17.9. The molecule has 0 saturated heterocycles. The van der Waals surface area contributed by atoms with Crippen LogP contribution in [-0.2, 0) is 17.7 Å². The molecule has 0 atom stereocenters. The van der Waals surface area contributed by atoms with Crippen molar-refractivity contribution in [1.29, 1.82) is 0 Å². The van der Waals surface area contributed by atoms with Crippen molar-refractivity contribution in [3.8, 4) is 0 Å². The molecule has 0 aromatic heterocycles. The van der Waals surface area contributed by atoms with Gasteiger partial charge in [0.25, 0.3) is 0 Å². The molecular weight excluding hydrogens is 320 g/mol. The van der Waals surface area contributed by atoms with Crippen LogP contribution >= 0.6 is 0 Å². The maximum Gasteiger partial charge on any atom is 0.679 e. The van der Waals surface area contributed by atoms with Gasteiger partial charge in [-0.1, -0.05) is 72.6 Å². The maximum absolute atomic E-state index is 6.11. The van der Waals surface area contributed by atoms with E-state index in [1.165, 1.54) is 38.5 Å². The molecule has 0 radical (unpaired) electrons. The minimum absolute atomic E-state index is 0.665. The van der Waals surface area contributed by atoms with Crippen molar-refractivity contribution in [1.82, 2.24) is 0 Å². The zero-order valence-electron chi connectivity index (χ0n) is 16.7. The zero-order valence-corrected chi connectivity index (χ0v) is 17.7. The topological polar surface area (TPSA) is 36.9 Å². The Morgan fingerprint density at radius 2 is 0.708 bits per heavy atom. The molecule has 4 nitrogen and oxygen atoms in total. The van der Waals surface area contributed by atoms with E-state index in [2.05, 4.69) is 27.7 Å². The first-order valence-electron chi connectivity index (χ1n) is 10.3. The van der Waals surface area contributed by atoms with Crippen molar-refractivity contribution in [2.24, 2.45) is 0 Å². The minimum Gasteiger partial charge on any atom is -0.351 e. The fourth-order valence-electron chi connectivity index (χ4n) is 2.24. The summed E-state index contributed by atoms with van der Waals surface area (Å²) in [5, 5.41) is 0. The lowest BCUT2D eigenvalue weighted by molar-refractivity contribution is -0.0372. The van der Waals surface area contributed by atoms with E-state index in [-0.39, 0.29) is 0 Å². The summed E-state index contributed by atoms with van der Waals surface area (Å²) >= 11 is 0. The molecule has 146 valence electrons. The Hall–Kier alpha value is 0.0569. The predicted molar refractivity (Wildman–Crippen MR) is 103 cm³/mol. The lowest BCUT2D eigenvalue weighted by Crippen LogP contribution is -2.50. The molecule has 24 heavy (non-hydrogen) atoms. The van der Waals surface area contributed by atoms with Gasteiger partial charge in [-0.2, -0.15) is 0 Å². The fraction of sp³-hybridized carbons (Fsp3) is 1.00. The highest BCUT2D eigenvalue weighted by Crippen LogP contribution is 2.16. The van der Waals surface area contributed by atoms with Gasteiger partial charge < -0.3 is 17.7 Å². The van der Waals surface area contributed by atoms with E-state index in [4.69, 9.17) is 17.7 Å². The van der Waals surface area contributed by atoms with Gasteiger partial charge >= 0.3 is 9.05 Å². The highest BCUT2D eigenvalue weighted by molar-refractivity contribution is 6.53. The summed E-state index contributed by atoms with van der Waals surface area (Å²) < 4.78 is 24.4. The first-order valence-corrected chi connectivity index (χ1v) is 11.9. The van der Waals surface area contributed by atoms with Gasteiger partial charge in [0.2, 0.25) is 0 Å². The van der Waals surface area contributed by atoms with Crippen LogP contribution in [0, 0.1) is 0 Å². The van der Waals surface area contributed by atoms with Gasteiger partial charge in [0.15, 0.2) is 0 Å². The molecule has 0 rings (SSSR count). The van der Waals surface area contributed by atoms with E-state index < -0.39 is 9.05 Å². The number of unbranched alkanes of at least 4 members (excludes halogenated alkanes) is 7. The highest BCUT2D eigenvalue weighted by atomic mass is 28.4. The number of hydrogen-bond acceptors (Lipinski definition) is 4.